The van der Waals surface area contributed by atoms with Crippen molar-refractivity contribution in [3.05, 3.63) is 41.5 Å². The smallest absolute Gasteiger partial charge is 0.238 e. The van der Waals surface area contributed by atoms with E-state index in [-0.39, 0.29) is 23.7 Å². The third kappa shape index (κ3) is 1.37. The topological polar surface area (TPSA) is 37.4 Å². The van der Waals surface area contributed by atoms with Gasteiger partial charge >= 0.3 is 0 Å². The van der Waals surface area contributed by atoms with Gasteiger partial charge in [0, 0.05) is 0 Å². The first kappa shape index (κ1) is 12.6. The summed E-state index contributed by atoms with van der Waals surface area (Å²) in [5, 5.41) is 0. The van der Waals surface area contributed by atoms with Crippen molar-refractivity contribution in [2.45, 2.75) is 20.3 Å². The molecule has 4 aliphatic carbocycles. The minimum absolute atomic E-state index is 0.0305. The summed E-state index contributed by atoms with van der Waals surface area (Å²) in [6, 6.07) is 5.88. The maximum atomic E-state index is 13.0. The molecule has 2 bridgehead atoms. The summed E-state index contributed by atoms with van der Waals surface area (Å²) in [6.07, 6.45) is 5.64. The molecular formula is C19H19NO2. The molecule has 1 saturated heterocycles. The Hall–Kier alpha value is -1.90. The van der Waals surface area contributed by atoms with Crippen LogP contribution in [0.25, 0.3) is 0 Å². The molecule has 1 aromatic carbocycles. The summed E-state index contributed by atoms with van der Waals surface area (Å²) in [7, 11) is 0. The Morgan fingerprint density at radius 3 is 2.05 bits per heavy atom. The second-order valence-corrected chi connectivity index (χ2v) is 7.44. The summed E-state index contributed by atoms with van der Waals surface area (Å²) >= 11 is 0. The molecule has 1 aromatic rings. The Morgan fingerprint density at radius 1 is 0.909 bits per heavy atom. The van der Waals surface area contributed by atoms with Crippen LogP contribution in [0, 0.1) is 49.4 Å². The van der Waals surface area contributed by atoms with Gasteiger partial charge in [0.25, 0.3) is 0 Å². The van der Waals surface area contributed by atoms with Crippen LogP contribution in [0.2, 0.25) is 0 Å². The van der Waals surface area contributed by atoms with E-state index in [0.29, 0.717) is 23.7 Å². The minimum atomic E-state index is -0.104. The predicted octanol–water partition coefficient (Wildman–Crippen LogP) is 2.86. The van der Waals surface area contributed by atoms with Crippen molar-refractivity contribution in [1.29, 1.82) is 0 Å². The fourth-order valence-corrected chi connectivity index (χ4v) is 5.08. The van der Waals surface area contributed by atoms with Crippen LogP contribution >= 0.6 is 0 Å². The van der Waals surface area contributed by atoms with Crippen LogP contribution in [-0.4, -0.2) is 11.8 Å². The number of carbonyl (C=O) groups is 2. The number of allylic oxidation sites excluding steroid dienone is 2. The minimum Gasteiger partial charge on any atom is -0.274 e. The quantitative estimate of drug-likeness (QED) is 0.590. The van der Waals surface area contributed by atoms with Crippen LogP contribution in [-0.2, 0) is 9.59 Å². The second kappa shape index (κ2) is 3.89. The number of benzene rings is 1. The van der Waals surface area contributed by atoms with Crippen molar-refractivity contribution in [3.8, 4) is 0 Å². The van der Waals surface area contributed by atoms with Gasteiger partial charge in [0.1, 0.15) is 0 Å². The number of aryl methyl sites for hydroxylation is 2. The molecule has 0 spiro atoms. The monoisotopic (exact) mass is 293 g/mol. The van der Waals surface area contributed by atoms with E-state index in [1.54, 1.807) is 0 Å². The van der Waals surface area contributed by atoms with Crippen LogP contribution in [0.15, 0.2) is 30.4 Å². The van der Waals surface area contributed by atoms with Crippen molar-refractivity contribution < 1.29 is 9.59 Å². The summed E-state index contributed by atoms with van der Waals surface area (Å²) in [5.74, 6) is 1.77. The summed E-state index contributed by atoms with van der Waals surface area (Å²) in [4.78, 5) is 27.4. The Balaban J connectivity index is 1.58. The zero-order chi connectivity index (χ0) is 15.2. The lowest BCUT2D eigenvalue weighted by atomic mass is 9.63. The highest BCUT2D eigenvalue weighted by molar-refractivity contribution is 6.22. The highest BCUT2D eigenvalue weighted by atomic mass is 16.2. The lowest BCUT2D eigenvalue weighted by molar-refractivity contribution is -0.124. The lowest BCUT2D eigenvalue weighted by Crippen LogP contribution is -2.40. The molecule has 3 heteroatoms. The molecule has 0 aromatic heterocycles. The molecule has 0 N–H and O–H groups in total. The van der Waals surface area contributed by atoms with E-state index in [1.165, 1.54) is 16.9 Å². The Morgan fingerprint density at radius 2 is 1.50 bits per heavy atom. The van der Waals surface area contributed by atoms with Gasteiger partial charge in [-0.1, -0.05) is 18.2 Å². The van der Waals surface area contributed by atoms with Crippen LogP contribution < -0.4 is 4.90 Å². The van der Waals surface area contributed by atoms with E-state index in [9.17, 15) is 9.59 Å². The summed E-state index contributed by atoms with van der Waals surface area (Å²) in [6.45, 7) is 4.07. The summed E-state index contributed by atoms with van der Waals surface area (Å²) in [5.41, 5.74) is 3.06. The molecular weight excluding hydrogens is 274 g/mol. The highest BCUT2D eigenvalue weighted by Crippen LogP contribution is 2.65. The maximum Gasteiger partial charge on any atom is 0.238 e. The largest absolute Gasteiger partial charge is 0.274 e. The van der Waals surface area contributed by atoms with E-state index in [4.69, 9.17) is 0 Å². The van der Waals surface area contributed by atoms with E-state index in [2.05, 4.69) is 12.2 Å². The van der Waals surface area contributed by atoms with Gasteiger partial charge in [-0.05, 0) is 67.2 Å². The molecule has 6 atom stereocenters. The molecule has 3 fully saturated rings. The van der Waals surface area contributed by atoms with Crippen LogP contribution in [0.5, 0.6) is 0 Å². The Labute approximate surface area is 130 Å². The molecule has 1 heterocycles. The molecule has 112 valence electrons. The van der Waals surface area contributed by atoms with Crippen molar-refractivity contribution in [2.24, 2.45) is 35.5 Å². The number of rotatable bonds is 1. The molecule has 2 saturated carbocycles. The second-order valence-electron chi connectivity index (χ2n) is 7.44. The maximum absolute atomic E-state index is 13.0. The van der Waals surface area contributed by atoms with E-state index in [1.807, 2.05) is 32.0 Å². The van der Waals surface area contributed by atoms with Crippen molar-refractivity contribution in [1.82, 2.24) is 0 Å². The molecule has 22 heavy (non-hydrogen) atoms. The molecule has 3 nitrogen and oxygen atoms in total. The normalized spacial score (nSPS) is 40.9. The SMILES string of the molecule is Cc1ccc(N2C(=O)[C@@H]3[C@@H]4C=C[C@@H]([C@@H]5C[C@H]45)[C@@H]3C2=O)cc1C. The molecule has 1 aliphatic heterocycles. The average Bonchev–Trinajstić information content (AvgIpc) is 3.28. The number of nitrogens with zero attached hydrogens (tertiary/aromatic N) is 1. The van der Waals surface area contributed by atoms with Gasteiger partial charge in [0.15, 0.2) is 0 Å². The number of hydrogen-bond acceptors (Lipinski definition) is 2. The molecule has 6 rings (SSSR count). The van der Waals surface area contributed by atoms with Crippen molar-refractivity contribution >= 4 is 17.5 Å². The van der Waals surface area contributed by atoms with Gasteiger partial charge in [0.2, 0.25) is 11.8 Å². The van der Waals surface area contributed by atoms with Gasteiger partial charge in [-0.25, -0.2) is 0 Å². The van der Waals surface area contributed by atoms with Crippen LogP contribution in [0.1, 0.15) is 17.5 Å². The highest BCUT2D eigenvalue weighted by Gasteiger charge is 2.67. The molecule has 2 amide bonds. The van der Waals surface area contributed by atoms with Crippen LogP contribution in [0.3, 0.4) is 0 Å². The number of hydrogen-bond donors (Lipinski definition) is 0. The van der Waals surface area contributed by atoms with E-state index in [0.717, 1.165) is 11.3 Å². The first-order chi connectivity index (χ1) is 10.6. The van der Waals surface area contributed by atoms with Gasteiger partial charge in [-0.2, -0.15) is 0 Å². The Bertz CT molecular complexity index is 714. The standard InChI is InChI=1S/C19H19NO2/c1-9-3-4-11(7-10(9)2)20-18(21)16-12-5-6-13(15-8-14(12)15)17(16)19(20)22/h3-7,12-17H,8H2,1-2H3/t12-,13+,14-,15+,16-,17+. The van der Waals surface area contributed by atoms with Crippen LogP contribution in [0.4, 0.5) is 5.69 Å². The zero-order valence-electron chi connectivity index (χ0n) is 12.8. The fraction of sp³-hybridized carbons (Fsp3) is 0.474. The van der Waals surface area contributed by atoms with Crippen molar-refractivity contribution in [2.75, 3.05) is 4.90 Å². The van der Waals surface area contributed by atoms with E-state index >= 15 is 0 Å². The van der Waals surface area contributed by atoms with Gasteiger partial charge in [-0.3, -0.25) is 14.5 Å². The number of carbonyl (C=O) groups excluding carboxylic acids is 2. The number of anilines is 1. The third-order valence-corrected chi connectivity index (χ3v) is 6.41. The van der Waals surface area contributed by atoms with Gasteiger partial charge < -0.3 is 0 Å². The number of amides is 2. The lowest BCUT2D eigenvalue weighted by Gasteiger charge is -2.37. The molecule has 5 aliphatic rings. The van der Waals surface area contributed by atoms with Crippen molar-refractivity contribution in [3.63, 3.8) is 0 Å². The molecule has 0 unspecified atom stereocenters. The first-order valence-corrected chi connectivity index (χ1v) is 8.21. The zero-order valence-corrected chi connectivity index (χ0v) is 12.8. The number of imide groups is 1. The summed E-state index contributed by atoms with van der Waals surface area (Å²) < 4.78 is 0. The van der Waals surface area contributed by atoms with E-state index < -0.39 is 0 Å². The molecule has 0 radical (unpaired) electrons. The Kier molecular flexibility index (Phi) is 2.23. The predicted molar refractivity (Wildman–Crippen MR) is 83.1 cm³/mol. The van der Waals surface area contributed by atoms with Gasteiger partial charge in [0.05, 0.1) is 17.5 Å². The third-order valence-electron chi connectivity index (χ3n) is 6.41. The van der Waals surface area contributed by atoms with Gasteiger partial charge in [-0.15, -0.1) is 0 Å². The fourth-order valence-electron chi connectivity index (χ4n) is 5.08. The first-order valence-electron chi connectivity index (χ1n) is 8.21. The average molecular weight is 293 g/mol.